The Bertz CT molecular complexity index is 776. The number of halogens is 3. The van der Waals surface area contributed by atoms with Crippen molar-refractivity contribution < 1.29 is 23.0 Å². The summed E-state index contributed by atoms with van der Waals surface area (Å²) in [6.07, 6.45) is -1.35. The van der Waals surface area contributed by atoms with Gasteiger partial charge in [0, 0.05) is 23.7 Å². The van der Waals surface area contributed by atoms with E-state index in [1.165, 1.54) is 18.3 Å². The van der Waals surface area contributed by atoms with E-state index in [0.29, 0.717) is 0 Å². The number of benzene rings is 1. The number of hydrogen-bond donors (Lipinski definition) is 2. The average molecular weight is 372 g/mol. The summed E-state index contributed by atoms with van der Waals surface area (Å²) in [7, 11) is 0. The summed E-state index contributed by atoms with van der Waals surface area (Å²) in [5.74, 6) is -0.823. The lowest BCUT2D eigenvalue weighted by Gasteiger charge is -2.08. The van der Waals surface area contributed by atoms with Gasteiger partial charge in [0.2, 0.25) is 5.91 Å². The maximum Gasteiger partial charge on any atom is 0.586 e. The summed E-state index contributed by atoms with van der Waals surface area (Å²) in [6, 6.07) is 2.42. The molecule has 9 heteroatoms. The van der Waals surface area contributed by atoms with Crippen LogP contribution in [0.25, 0.3) is 5.70 Å². The van der Waals surface area contributed by atoms with Crippen LogP contribution in [0.5, 0.6) is 11.5 Å². The van der Waals surface area contributed by atoms with Crippen LogP contribution in [0, 0.1) is 5.92 Å². The predicted octanol–water partition coefficient (Wildman–Crippen LogP) is 3.28. The number of amides is 1. The second-order valence-corrected chi connectivity index (χ2v) is 5.83. The molecule has 3 N–H and O–H groups in total. The Balaban J connectivity index is 2.21. The van der Waals surface area contributed by atoms with Gasteiger partial charge in [0.15, 0.2) is 11.5 Å². The third kappa shape index (κ3) is 4.48. The van der Waals surface area contributed by atoms with Crippen LogP contribution >= 0.6 is 11.6 Å². The maximum atomic E-state index is 13.1. The lowest BCUT2D eigenvalue weighted by atomic mass is 10.1. The van der Waals surface area contributed by atoms with Gasteiger partial charge < -0.3 is 20.5 Å². The number of hydrogen-bond acceptors (Lipinski definition) is 5. The second kappa shape index (κ2) is 7.10. The Labute approximate surface area is 148 Å². The SMILES string of the molecule is C=C(/C=N\C(=C/N)c1cc2c(cc1Cl)OC(F)(F)O2)NC(=O)C(C)C. The quantitative estimate of drug-likeness (QED) is 0.778. The van der Waals surface area contributed by atoms with Crippen molar-refractivity contribution in [2.24, 2.45) is 16.6 Å². The van der Waals surface area contributed by atoms with E-state index < -0.39 is 6.29 Å². The van der Waals surface area contributed by atoms with Crippen LogP contribution in [0.15, 0.2) is 35.6 Å². The summed E-state index contributed by atoms with van der Waals surface area (Å²) >= 11 is 6.07. The zero-order chi connectivity index (χ0) is 18.8. The minimum absolute atomic E-state index is 0.0886. The van der Waals surface area contributed by atoms with Crippen LogP contribution in [0.3, 0.4) is 0 Å². The molecule has 0 saturated carbocycles. The van der Waals surface area contributed by atoms with Gasteiger partial charge >= 0.3 is 6.29 Å². The zero-order valence-corrected chi connectivity index (χ0v) is 14.2. The average Bonchev–Trinajstić information content (AvgIpc) is 2.80. The largest absolute Gasteiger partial charge is 0.586 e. The molecule has 0 bridgehead atoms. The molecule has 0 aliphatic carbocycles. The first-order chi connectivity index (χ1) is 11.6. The minimum Gasteiger partial charge on any atom is -0.403 e. The van der Waals surface area contributed by atoms with E-state index in [1.807, 2.05) is 0 Å². The number of allylic oxidation sites excluding steroid dienone is 1. The molecular formula is C16H16ClF2N3O3. The molecule has 25 heavy (non-hydrogen) atoms. The molecule has 2 rings (SSSR count). The first kappa shape index (κ1) is 18.7. The highest BCUT2D eigenvalue weighted by Crippen LogP contribution is 2.44. The molecule has 6 nitrogen and oxygen atoms in total. The molecule has 0 spiro atoms. The van der Waals surface area contributed by atoms with Crippen LogP contribution in [-0.2, 0) is 4.79 Å². The molecule has 0 unspecified atom stereocenters. The summed E-state index contributed by atoms with van der Waals surface area (Å²) in [5, 5.41) is 2.64. The Hall–Kier alpha value is -2.61. The first-order valence-electron chi connectivity index (χ1n) is 7.18. The van der Waals surface area contributed by atoms with Crippen molar-refractivity contribution in [3.63, 3.8) is 0 Å². The number of ether oxygens (including phenoxy) is 2. The number of carbonyl (C=O) groups excluding carboxylic acids is 1. The van der Waals surface area contributed by atoms with Crippen molar-refractivity contribution in [1.29, 1.82) is 0 Å². The summed E-state index contributed by atoms with van der Waals surface area (Å²) in [6.45, 7) is 7.11. The number of rotatable bonds is 5. The molecule has 1 amide bonds. The van der Waals surface area contributed by atoms with Gasteiger partial charge in [-0.3, -0.25) is 9.79 Å². The molecule has 1 aliphatic heterocycles. The van der Waals surface area contributed by atoms with E-state index in [-0.39, 0.29) is 45.3 Å². The van der Waals surface area contributed by atoms with Crippen LogP contribution in [-0.4, -0.2) is 18.4 Å². The first-order valence-corrected chi connectivity index (χ1v) is 7.56. The summed E-state index contributed by atoms with van der Waals surface area (Å²) < 4.78 is 34.9. The summed E-state index contributed by atoms with van der Waals surface area (Å²) in [4.78, 5) is 15.7. The third-order valence-electron chi connectivity index (χ3n) is 3.09. The van der Waals surface area contributed by atoms with Gasteiger partial charge in [-0.1, -0.05) is 32.0 Å². The Morgan fingerprint density at radius 3 is 2.56 bits per heavy atom. The van der Waals surface area contributed by atoms with E-state index in [0.717, 1.165) is 6.20 Å². The number of carbonyl (C=O) groups is 1. The van der Waals surface area contributed by atoms with E-state index in [4.69, 9.17) is 17.3 Å². The van der Waals surface area contributed by atoms with Crippen LogP contribution in [0.1, 0.15) is 19.4 Å². The molecule has 1 heterocycles. The number of nitrogens with one attached hydrogen (secondary N) is 1. The highest BCUT2D eigenvalue weighted by molar-refractivity contribution is 6.32. The van der Waals surface area contributed by atoms with Gasteiger partial charge in [0.1, 0.15) is 0 Å². The Morgan fingerprint density at radius 2 is 2.00 bits per heavy atom. The van der Waals surface area contributed by atoms with Crippen LogP contribution in [0.4, 0.5) is 8.78 Å². The molecule has 0 fully saturated rings. The predicted molar refractivity (Wildman–Crippen MR) is 90.4 cm³/mol. The third-order valence-corrected chi connectivity index (χ3v) is 3.41. The van der Waals surface area contributed by atoms with E-state index in [9.17, 15) is 13.6 Å². The smallest absolute Gasteiger partial charge is 0.403 e. The number of alkyl halides is 2. The lowest BCUT2D eigenvalue weighted by Crippen LogP contribution is -2.27. The standard InChI is InChI=1S/C16H16ClF2N3O3/c1-8(2)15(23)22-9(3)7-21-12(6-20)10-4-13-14(5-11(10)17)25-16(18,19)24-13/h4-8H,3,20H2,1-2H3,(H,22,23)/b12-6-,21-7-. The fourth-order valence-corrected chi connectivity index (χ4v) is 2.10. The van der Waals surface area contributed by atoms with Crippen molar-refractivity contribution >= 4 is 29.4 Å². The number of nitrogens with two attached hydrogens (primary N) is 1. The molecule has 0 atom stereocenters. The molecular weight excluding hydrogens is 356 g/mol. The number of aliphatic imine (C=N–C) groups is 1. The fraction of sp³-hybridized carbons (Fsp3) is 0.250. The van der Waals surface area contributed by atoms with Gasteiger partial charge in [-0.05, 0) is 6.07 Å². The maximum absolute atomic E-state index is 13.1. The molecule has 1 aromatic carbocycles. The minimum atomic E-state index is -3.75. The number of fused-ring (bicyclic) bond motifs is 1. The van der Waals surface area contributed by atoms with Gasteiger partial charge in [0.25, 0.3) is 0 Å². The molecule has 0 radical (unpaired) electrons. The van der Waals surface area contributed by atoms with E-state index in [2.05, 4.69) is 26.4 Å². The summed E-state index contributed by atoms with van der Waals surface area (Å²) in [5.41, 5.74) is 6.20. The van der Waals surface area contributed by atoms with Gasteiger partial charge in [-0.25, -0.2) is 0 Å². The van der Waals surface area contributed by atoms with Gasteiger partial charge in [0.05, 0.1) is 22.6 Å². The molecule has 1 aliphatic rings. The van der Waals surface area contributed by atoms with Crippen molar-refractivity contribution in [2.75, 3.05) is 0 Å². The highest BCUT2D eigenvalue weighted by Gasteiger charge is 2.43. The highest BCUT2D eigenvalue weighted by atomic mass is 35.5. The molecule has 1 aromatic rings. The molecule has 0 saturated heterocycles. The normalized spacial score (nSPS) is 15.7. The van der Waals surface area contributed by atoms with Crippen LogP contribution < -0.4 is 20.5 Å². The van der Waals surface area contributed by atoms with E-state index >= 15 is 0 Å². The number of nitrogens with zero attached hydrogens (tertiary/aromatic N) is 1. The Kier molecular flexibility index (Phi) is 5.32. The topological polar surface area (TPSA) is 85.9 Å². The van der Waals surface area contributed by atoms with Crippen molar-refractivity contribution in [2.45, 2.75) is 20.1 Å². The van der Waals surface area contributed by atoms with Crippen LogP contribution in [0.2, 0.25) is 5.02 Å². The Morgan fingerprint density at radius 1 is 1.40 bits per heavy atom. The molecule has 134 valence electrons. The van der Waals surface area contributed by atoms with Crippen molar-refractivity contribution in [3.8, 4) is 11.5 Å². The van der Waals surface area contributed by atoms with Crippen molar-refractivity contribution in [1.82, 2.24) is 5.32 Å². The fourth-order valence-electron chi connectivity index (χ4n) is 1.85. The molecule has 0 aromatic heterocycles. The van der Waals surface area contributed by atoms with E-state index in [1.54, 1.807) is 13.8 Å². The zero-order valence-electron chi connectivity index (χ0n) is 13.5. The van der Waals surface area contributed by atoms with Gasteiger partial charge in [-0.15, -0.1) is 8.78 Å². The lowest BCUT2D eigenvalue weighted by molar-refractivity contribution is -0.286. The van der Waals surface area contributed by atoms with Gasteiger partial charge in [-0.2, -0.15) is 0 Å². The van der Waals surface area contributed by atoms with Crippen molar-refractivity contribution in [3.05, 3.63) is 41.2 Å². The second-order valence-electron chi connectivity index (χ2n) is 5.43. The monoisotopic (exact) mass is 371 g/mol.